The van der Waals surface area contributed by atoms with Crippen molar-refractivity contribution in [3.63, 3.8) is 0 Å². The number of carbonyl (C=O) groups excluding carboxylic acids is 1. The van der Waals surface area contributed by atoms with E-state index in [-0.39, 0.29) is 17.3 Å². The molecule has 0 unspecified atom stereocenters. The van der Waals surface area contributed by atoms with Gasteiger partial charge >= 0.3 is 0 Å². The van der Waals surface area contributed by atoms with Gasteiger partial charge in [0.25, 0.3) is 10.0 Å². The molecule has 0 saturated carbocycles. The minimum Gasteiger partial charge on any atom is -0.468 e. The van der Waals surface area contributed by atoms with E-state index in [0.717, 1.165) is 34.8 Å². The molecule has 0 fully saturated rings. The van der Waals surface area contributed by atoms with E-state index in [0.29, 0.717) is 12.2 Å². The quantitative estimate of drug-likeness (QED) is 0.415. The lowest BCUT2D eigenvalue weighted by molar-refractivity contribution is -0.119. The number of nitrogens with zero attached hydrogens (tertiary/aromatic N) is 1. The molecule has 3 aromatic rings. The number of benzene rings is 2. The zero-order valence-corrected chi connectivity index (χ0v) is 19.9. The molecule has 6 nitrogen and oxygen atoms in total. The van der Waals surface area contributed by atoms with Crippen LogP contribution in [0.15, 0.2) is 76.2 Å². The average Bonchev–Trinajstić information content (AvgIpc) is 3.30. The van der Waals surface area contributed by atoms with Gasteiger partial charge in [0.15, 0.2) is 0 Å². The van der Waals surface area contributed by atoms with Crippen molar-refractivity contribution in [2.45, 2.75) is 30.9 Å². The summed E-state index contributed by atoms with van der Waals surface area (Å²) >= 11 is 1.73. The third-order valence-electron chi connectivity index (χ3n) is 5.01. The van der Waals surface area contributed by atoms with Crippen molar-refractivity contribution < 1.29 is 17.6 Å². The Labute approximate surface area is 194 Å². The number of rotatable bonds is 11. The minimum atomic E-state index is -3.89. The van der Waals surface area contributed by atoms with Gasteiger partial charge in [-0.3, -0.25) is 9.10 Å². The van der Waals surface area contributed by atoms with Crippen molar-refractivity contribution in [3.05, 3.63) is 83.8 Å². The summed E-state index contributed by atoms with van der Waals surface area (Å²) in [7, 11) is -3.89. The number of anilines is 1. The van der Waals surface area contributed by atoms with Gasteiger partial charge in [-0.1, -0.05) is 24.3 Å². The molecular weight excluding hydrogens is 444 g/mol. The van der Waals surface area contributed by atoms with Gasteiger partial charge in [-0.15, -0.1) is 0 Å². The molecule has 3 rings (SSSR count). The fourth-order valence-electron chi connectivity index (χ4n) is 3.07. The van der Waals surface area contributed by atoms with E-state index in [4.69, 9.17) is 4.42 Å². The van der Waals surface area contributed by atoms with Crippen molar-refractivity contribution in [1.82, 2.24) is 5.32 Å². The van der Waals surface area contributed by atoms with Crippen LogP contribution in [-0.2, 0) is 20.6 Å². The van der Waals surface area contributed by atoms with Gasteiger partial charge in [0.2, 0.25) is 5.91 Å². The van der Waals surface area contributed by atoms with Gasteiger partial charge < -0.3 is 9.73 Å². The first-order chi connectivity index (χ1) is 15.4. The van der Waals surface area contributed by atoms with Gasteiger partial charge in [0.05, 0.1) is 22.6 Å². The largest absolute Gasteiger partial charge is 0.468 e. The molecule has 1 amide bonds. The van der Waals surface area contributed by atoms with Crippen LogP contribution in [0.25, 0.3) is 0 Å². The monoisotopic (exact) mass is 472 g/mol. The number of hydrogen-bond acceptors (Lipinski definition) is 5. The average molecular weight is 473 g/mol. The Morgan fingerprint density at radius 3 is 2.50 bits per heavy atom. The van der Waals surface area contributed by atoms with Crippen LogP contribution in [0.4, 0.5) is 5.69 Å². The first kappa shape index (κ1) is 23.9. The molecule has 1 aromatic heterocycles. The number of amides is 1. The van der Waals surface area contributed by atoms with Crippen molar-refractivity contribution in [2.24, 2.45) is 0 Å². The summed E-state index contributed by atoms with van der Waals surface area (Å²) in [6.45, 7) is 4.09. The smallest absolute Gasteiger partial charge is 0.264 e. The van der Waals surface area contributed by atoms with Crippen LogP contribution < -0.4 is 9.62 Å². The number of furan rings is 1. The predicted molar refractivity (Wildman–Crippen MR) is 129 cm³/mol. The summed E-state index contributed by atoms with van der Waals surface area (Å²) in [4.78, 5) is 12.8. The zero-order valence-electron chi connectivity index (χ0n) is 18.3. The molecule has 0 atom stereocenters. The molecule has 1 heterocycles. The first-order valence-electron chi connectivity index (χ1n) is 10.4. The second-order valence-electron chi connectivity index (χ2n) is 7.43. The maximum Gasteiger partial charge on any atom is 0.264 e. The van der Waals surface area contributed by atoms with Crippen LogP contribution in [0.1, 0.15) is 23.3 Å². The van der Waals surface area contributed by atoms with E-state index in [1.807, 2.05) is 32.0 Å². The first-order valence-corrected chi connectivity index (χ1v) is 13.0. The highest BCUT2D eigenvalue weighted by Gasteiger charge is 2.27. The van der Waals surface area contributed by atoms with Crippen LogP contribution in [-0.4, -0.2) is 33.2 Å². The van der Waals surface area contributed by atoms with Crippen LogP contribution in [0.5, 0.6) is 0 Å². The van der Waals surface area contributed by atoms with Crippen molar-refractivity contribution in [1.29, 1.82) is 0 Å². The molecule has 1 N–H and O–H groups in total. The van der Waals surface area contributed by atoms with Crippen LogP contribution >= 0.6 is 11.8 Å². The fraction of sp³-hybridized carbons (Fsp3) is 0.292. The summed E-state index contributed by atoms with van der Waals surface area (Å²) in [5.74, 6) is 2.24. The van der Waals surface area contributed by atoms with E-state index >= 15 is 0 Å². The lowest BCUT2D eigenvalue weighted by Gasteiger charge is -2.25. The minimum absolute atomic E-state index is 0.153. The molecule has 0 radical (unpaired) electrons. The number of sulfonamides is 1. The second kappa shape index (κ2) is 11.2. The molecule has 0 aliphatic rings. The number of carbonyl (C=O) groups is 1. The lowest BCUT2D eigenvalue weighted by Crippen LogP contribution is -2.41. The predicted octanol–water partition coefficient (Wildman–Crippen LogP) is 4.53. The fourth-order valence-corrected chi connectivity index (χ4v) is 5.36. The van der Waals surface area contributed by atoms with Crippen LogP contribution in [0, 0.1) is 13.8 Å². The Balaban J connectivity index is 1.63. The normalized spacial score (nSPS) is 11.3. The molecule has 32 heavy (non-hydrogen) atoms. The molecule has 0 saturated heterocycles. The van der Waals surface area contributed by atoms with E-state index < -0.39 is 10.0 Å². The van der Waals surface area contributed by atoms with Gasteiger partial charge in [-0.25, -0.2) is 8.42 Å². The number of hydrogen-bond donors (Lipinski definition) is 1. The molecule has 2 aromatic carbocycles. The highest BCUT2D eigenvalue weighted by Crippen LogP contribution is 2.25. The molecular formula is C24H28N2O4S2. The standard InChI is InChI=1S/C24H28N2O4S2/c1-19-11-12-21(16-20(19)2)26(32(28,29)23-9-4-3-5-10-23)17-24(27)25-13-7-15-31-18-22-8-6-14-30-22/h3-6,8-12,14,16H,7,13,15,17-18H2,1-2H3,(H,25,27). The van der Waals surface area contributed by atoms with Crippen LogP contribution in [0.3, 0.4) is 0 Å². The Kier molecular flexibility index (Phi) is 8.41. The van der Waals surface area contributed by atoms with Gasteiger partial charge in [-0.05, 0) is 73.5 Å². The summed E-state index contributed by atoms with van der Waals surface area (Å²) in [5.41, 5.74) is 2.49. The topological polar surface area (TPSA) is 79.6 Å². The van der Waals surface area contributed by atoms with Crippen molar-refractivity contribution >= 4 is 33.4 Å². The Bertz CT molecular complexity index is 1110. The number of thioether (sulfide) groups is 1. The number of aryl methyl sites for hydroxylation is 2. The summed E-state index contributed by atoms with van der Waals surface area (Å²) < 4.78 is 33.1. The molecule has 0 aliphatic heterocycles. The summed E-state index contributed by atoms with van der Waals surface area (Å²) in [6.07, 6.45) is 2.44. The SMILES string of the molecule is Cc1ccc(N(CC(=O)NCCCSCc2ccco2)S(=O)(=O)c2ccccc2)cc1C. The van der Waals surface area contributed by atoms with Gasteiger partial charge in [0.1, 0.15) is 12.3 Å². The molecule has 170 valence electrons. The Hall–Kier alpha value is -2.71. The van der Waals surface area contributed by atoms with Crippen molar-refractivity contribution in [2.75, 3.05) is 23.1 Å². The van der Waals surface area contributed by atoms with Crippen molar-refractivity contribution in [3.8, 4) is 0 Å². The van der Waals surface area contributed by atoms with Gasteiger partial charge in [0, 0.05) is 6.54 Å². The number of nitrogens with one attached hydrogen (secondary N) is 1. The Morgan fingerprint density at radius 1 is 1.03 bits per heavy atom. The Morgan fingerprint density at radius 2 is 1.81 bits per heavy atom. The van der Waals surface area contributed by atoms with Crippen LogP contribution in [0.2, 0.25) is 0 Å². The maximum absolute atomic E-state index is 13.3. The second-order valence-corrected chi connectivity index (χ2v) is 10.4. The zero-order chi connectivity index (χ0) is 23.0. The molecule has 8 heteroatoms. The third-order valence-corrected chi connectivity index (χ3v) is 7.86. The molecule has 0 bridgehead atoms. The maximum atomic E-state index is 13.3. The highest BCUT2D eigenvalue weighted by atomic mass is 32.2. The van der Waals surface area contributed by atoms with E-state index in [2.05, 4.69) is 5.32 Å². The summed E-state index contributed by atoms with van der Waals surface area (Å²) in [6, 6.07) is 17.4. The van der Waals surface area contributed by atoms with E-state index in [1.54, 1.807) is 48.4 Å². The molecule has 0 spiro atoms. The third kappa shape index (κ3) is 6.40. The van der Waals surface area contributed by atoms with Gasteiger partial charge in [-0.2, -0.15) is 11.8 Å². The van der Waals surface area contributed by atoms with E-state index in [1.165, 1.54) is 16.4 Å². The molecule has 0 aliphatic carbocycles. The lowest BCUT2D eigenvalue weighted by atomic mass is 10.1. The highest BCUT2D eigenvalue weighted by molar-refractivity contribution is 7.98. The summed E-state index contributed by atoms with van der Waals surface area (Å²) in [5, 5.41) is 2.84. The van der Waals surface area contributed by atoms with E-state index in [9.17, 15) is 13.2 Å².